The van der Waals surface area contributed by atoms with Gasteiger partial charge in [-0.2, -0.15) is 0 Å². The number of likely N-dealkylation sites (N-methyl/N-ethyl adjacent to an activating group) is 1. The molecule has 0 aliphatic heterocycles. The van der Waals surface area contributed by atoms with E-state index in [1.54, 1.807) is 0 Å². The highest BCUT2D eigenvalue weighted by Gasteiger charge is 2.24. The molecule has 3 rings (SSSR count). The number of nitrogens with one attached hydrogen (secondary N) is 2. The molecule has 0 radical (unpaired) electrons. The number of fused-ring (bicyclic) bond motifs is 3. The van der Waals surface area contributed by atoms with E-state index >= 15 is 0 Å². The van der Waals surface area contributed by atoms with Crippen molar-refractivity contribution in [1.82, 2.24) is 9.88 Å². The molecule has 1 aliphatic carbocycles. The van der Waals surface area contributed by atoms with Crippen LogP contribution < -0.4 is 5.32 Å². The fourth-order valence-corrected chi connectivity index (χ4v) is 3.35. The number of H-pyrrole nitrogens is 1. The van der Waals surface area contributed by atoms with E-state index < -0.39 is 11.7 Å². The van der Waals surface area contributed by atoms with Gasteiger partial charge in [0.15, 0.2) is 0 Å². The molecule has 2 N–H and O–H groups in total. The Labute approximate surface area is 143 Å². The van der Waals surface area contributed by atoms with Crippen LogP contribution in [-0.2, 0) is 17.6 Å². The van der Waals surface area contributed by atoms with E-state index in [2.05, 4.69) is 29.3 Å². The number of nitrogens with zero attached hydrogens (tertiary/aromatic N) is 1. The number of aromatic amines is 1. The number of carbonyl (C=O) groups is 1. The molecule has 24 heavy (non-hydrogen) atoms. The maximum absolute atomic E-state index is 12.0. The summed E-state index contributed by atoms with van der Waals surface area (Å²) in [4.78, 5) is 17.8. The first-order valence-corrected chi connectivity index (χ1v) is 8.53. The standard InChI is InChI=1S/C19H27N3O2/c1-19(2,3)24-18(23)20-12-6-9-16-15(10-12)14-8-7-13(22(4)5)11-17(14)21-16/h6,9-10,13,21H,7-8,11H2,1-5H3,(H,20,23). The molecule has 0 saturated carbocycles. The summed E-state index contributed by atoms with van der Waals surface area (Å²) in [6.45, 7) is 5.58. The van der Waals surface area contributed by atoms with Gasteiger partial charge in [-0.3, -0.25) is 5.32 Å². The highest BCUT2D eigenvalue weighted by atomic mass is 16.6. The van der Waals surface area contributed by atoms with Crippen molar-refractivity contribution < 1.29 is 9.53 Å². The Kier molecular flexibility index (Phi) is 4.30. The van der Waals surface area contributed by atoms with Gasteiger partial charge in [0, 0.05) is 34.7 Å². The summed E-state index contributed by atoms with van der Waals surface area (Å²) in [5.74, 6) is 0. The molecule has 1 unspecified atom stereocenters. The molecule has 5 nitrogen and oxygen atoms in total. The minimum atomic E-state index is -0.497. The van der Waals surface area contributed by atoms with Crippen molar-refractivity contribution in [3.05, 3.63) is 29.5 Å². The SMILES string of the molecule is CN(C)C1CCc2c([nH]c3ccc(NC(=O)OC(C)(C)C)cc23)C1. The highest BCUT2D eigenvalue weighted by Crippen LogP contribution is 2.32. The van der Waals surface area contributed by atoms with Crippen LogP contribution in [0.3, 0.4) is 0 Å². The maximum Gasteiger partial charge on any atom is 0.412 e. The molecule has 0 bridgehead atoms. The summed E-state index contributed by atoms with van der Waals surface area (Å²) in [6, 6.07) is 6.58. The first kappa shape index (κ1) is 16.8. The van der Waals surface area contributed by atoms with Gasteiger partial charge in [-0.15, -0.1) is 0 Å². The second kappa shape index (κ2) is 6.13. The van der Waals surface area contributed by atoms with E-state index in [1.807, 2.05) is 39.0 Å². The quantitative estimate of drug-likeness (QED) is 0.877. The second-order valence-electron chi connectivity index (χ2n) is 7.83. The number of aromatic nitrogens is 1. The third kappa shape index (κ3) is 3.56. The Bertz CT molecular complexity index is 756. The molecule has 130 valence electrons. The Morgan fingerprint density at radius 2 is 2.08 bits per heavy atom. The summed E-state index contributed by atoms with van der Waals surface area (Å²) in [7, 11) is 4.28. The normalized spacial score (nSPS) is 17.8. The maximum atomic E-state index is 12.0. The third-order valence-corrected chi connectivity index (χ3v) is 4.54. The van der Waals surface area contributed by atoms with Crippen molar-refractivity contribution in [1.29, 1.82) is 0 Å². The molecular weight excluding hydrogens is 302 g/mol. The van der Waals surface area contributed by atoms with E-state index in [0.717, 1.165) is 30.5 Å². The smallest absolute Gasteiger partial charge is 0.412 e. The first-order valence-electron chi connectivity index (χ1n) is 8.53. The molecule has 0 spiro atoms. The number of anilines is 1. The predicted molar refractivity (Wildman–Crippen MR) is 97.7 cm³/mol. The minimum Gasteiger partial charge on any atom is -0.444 e. The Balaban J connectivity index is 1.83. The third-order valence-electron chi connectivity index (χ3n) is 4.54. The van der Waals surface area contributed by atoms with Crippen LogP contribution in [0.2, 0.25) is 0 Å². The summed E-state index contributed by atoms with van der Waals surface area (Å²) in [6.07, 6.45) is 2.86. The van der Waals surface area contributed by atoms with Crippen LogP contribution in [0.25, 0.3) is 10.9 Å². The van der Waals surface area contributed by atoms with Gasteiger partial charge in [0.1, 0.15) is 5.60 Å². The van der Waals surface area contributed by atoms with Gasteiger partial charge in [-0.1, -0.05) is 0 Å². The van der Waals surface area contributed by atoms with E-state index in [1.165, 1.54) is 16.6 Å². The summed E-state index contributed by atoms with van der Waals surface area (Å²) in [5.41, 5.74) is 4.12. The highest BCUT2D eigenvalue weighted by molar-refractivity contribution is 5.92. The van der Waals surface area contributed by atoms with Crippen LogP contribution in [-0.4, -0.2) is 41.7 Å². The zero-order valence-corrected chi connectivity index (χ0v) is 15.2. The van der Waals surface area contributed by atoms with Gasteiger partial charge < -0.3 is 14.6 Å². The molecule has 1 aliphatic rings. The van der Waals surface area contributed by atoms with Crippen LogP contribution in [0.4, 0.5) is 10.5 Å². The zero-order valence-electron chi connectivity index (χ0n) is 15.2. The molecule has 0 saturated heterocycles. The van der Waals surface area contributed by atoms with Crippen LogP contribution in [0.5, 0.6) is 0 Å². The lowest BCUT2D eigenvalue weighted by Crippen LogP contribution is -2.33. The van der Waals surface area contributed by atoms with Gasteiger partial charge in [0.25, 0.3) is 0 Å². The molecule has 1 heterocycles. The lowest BCUT2D eigenvalue weighted by molar-refractivity contribution is 0.0636. The average molecular weight is 329 g/mol. The van der Waals surface area contributed by atoms with Crippen molar-refractivity contribution in [3.8, 4) is 0 Å². The van der Waals surface area contributed by atoms with Gasteiger partial charge in [-0.05, 0) is 71.5 Å². The number of ether oxygens (including phenoxy) is 1. The number of hydrogen-bond donors (Lipinski definition) is 2. The Morgan fingerprint density at radius 3 is 2.75 bits per heavy atom. The lowest BCUT2D eigenvalue weighted by Gasteiger charge is -2.28. The first-order chi connectivity index (χ1) is 11.2. The van der Waals surface area contributed by atoms with Gasteiger partial charge in [0.05, 0.1) is 0 Å². The monoisotopic (exact) mass is 329 g/mol. The van der Waals surface area contributed by atoms with E-state index in [9.17, 15) is 4.79 Å². The number of benzene rings is 1. The lowest BCUT2D eigenvalue weighted by atomic mass is 9.91. The van der Waals surface area contributed by atoms with E-state index in [0.29, 0.717) is 6.04 Å². The van der Waals surface area contributed by atoms with Crippen molar-refractivity contribution >= 4 is 22.7 Å². The summed E-state index contributed by atoms with van der Waals surface area (Å²) >= 11 is 0. The van der Waals surface area contributed by atoms with Crippen LogP contribution in [0.1, 0.15) is 38.4 Å². The van der Waals surface area contributed by atoms with Crippen molar-refractivity contribution in [2.45, 2.75) is 51.7 Å². The van der Waals surface area contributed by atoms with Crippen LogP contribution >= 0.6 is 0 Å². The number of carbonyl (C=O) groups excluding carboxylic acids is 1. The van der Waals surface area contributed by atoms with E-state index in [-0.39, 0.29) is 0 Å². The fourth-order valence-electron chi connectivity index (χ4n) is 3.35. The molecular formula is C19H27N3O2. The molecule has 1 aromatic carbocycles. The van der Waals surface area contributed by atoms with Crippen LogP contribution in [0, 0.1) is 0 Å². The van der Waals surface area contributed by atoms with Crippen molar-refractivity contribution in [2.75, 3.05) is 19.4 Å². The number of rotatable bonds is 2. The second-order valence-corrected chi connectivity index (χ2v) is 7.83. The molecule has 5 heteroatoms. The Morgan fingerprint density at radius 1 is 1.33 bits per heavy atom. The summed E-state index contributed by atoms with van der Waals surface area (Å²) in [5, 5.41) is 4.04. The molecule has 1 aromatic heterocycles. The van der Waals surface area contributed by atoms with Gasteiger partial charge >= 0.3 is 6.09 Å². The molecule has 1 amide bonds. The van der Waals surface area contributed by atoms with Crippen LogP contribution in [0.15, 0.2) is 18.2 Å². The van der Waals surface area contributed by atoms with Gasteiger partial charge in [-0.25, -0.2) is 4.79 Å². The van der Waals surface area contributed by atoms with Crippen molar-refractivity contribution in [2.24, 2.45) is 0 Å². The van der Waals surface area contributed by atoms with Gasteiger partial charge in [0.2, 0.25) is 0 Å². The minimum absolute atomic E-state index is 0.418. The summed E-state index contributed by atoms with van der Waals surface area (Å²) < 4.78 is 5.32. The number of hydrogen-bond acceptors (Lipinski definition) is 3. The zero-order chi connectivity index (χ0) is 17.5. The predicted octanol–water partition coefficient (Wildman–Crippen LogP) is 3.93. The van der Waals surface area contributed by atoms with E-state index in [4.69, 9.17) is 4.74 Å². The molecule has 0 fully saturated rings. The number of amides is 1. The number of aryl methyl sites for hydroxylation is 1. The topological polar surface area (TPSA) is 57.4 Å². The average Bonchev–Trinajstić information content (AvgIpc) is 2.82. The largest absolute Gasteiger partial charge is 0.444 e. The molecule has 1 atom stereocenters. The van der Waals surface area contributed by atoms with Crippen molar-refractivity contribution in [3.63, 3.8) is 0 Å². The fraction of sp³-hybridized carbons (Fsp3) is 0.526. The Hall–Kier alpha value is -2.01. The molecule has 2 aromatic rings.